The molecule has 1 aromatic rings. The Balaban J connectivity index is 2.10. The second kappa shape index (κ2) is 5.76. The third-order valence-electron chi connectivity index (χ3n) is 3.28. The smallest absolute Gasteiger partial charge is 0.450 e. The fraction of sp³-hybridized carbons (Fsp3) is 0.500. The van der Waals surface area contributed by atoms with Gasteiger partial charge in [-0.15, -0.1) is 0 Å². The normalized spacial score (nSPS) is 17.6. The number of hydrogen-bond donors (Lipinski definition) is 1. The van der Waals surface area contributed by atoms with Gasteiger partial charge in [-0.25, -0.2) is 4.79 Å². The Labute approximate surface area is 107 Å². The van der Waals surface area contributed by atoms with Crippen LogP contribution in [0.15, 0.2) is 24.3 Å². The molecule has 0 saturated carbocycles. The van der Waals surface area contributed by atoms with E-state index in [2.05, 4.69) is 11.8 Å². The molecule has 1 atom stereocenters. The van der Waals surface area contributed by atoms with Gasteiger partial charge in [-0.2, -0.15) is 0 Å². The van der Waals surface area contributed by atoms with E-state index in [9.17, 15) is 4.79 Å². The van der Waals surface area contributed by atoms with E-state index in [0.717, 1.165) is 31.5 Å². The third-order valence-corrected chi connectivity index (χ3v) is 3.28. The van der Waals surface area contributed by atoms with Crippen molar-refractivity contribution in [1.82, 2.24) is 0 Å². The van der Waals surface area contributed by atoms with E-state index in [1.165, 1.54) is 5.56 Å². The van der Waals surface area contributed by atoms with Crippen LogP contribution >= 0.6 is 0 Å². The van der Waals surface area contributed by atoms with Gasteiger partial charge in [0.05, 0.1) is 0 Å². The monoisotopic (exact) mass is 249 g/mol. The van der Waals surface area contributed by atoms with Crippen LogP contribution in [0.3, 0.4) is 0 Å². The quantitative estimate of drug-likeness (QED) is 0.642. The van der Waals surface area contributed by atoms with Gasteiger partial charge in [-0.1, -0.05) is 38.0 Å². The summed E-state index contributed by atoms with van der Waals surface area (Å²) < 4.78 is 4.98. The van der Waals surface area contributed by atoms with E-state index >= 15 is 0 Å². The average Bonchev–Trinajstić information content (AvgIpc) is 2.67. The molecule has 1 aliphatic heterocycles. The zero-order chi connectivity index (χ0) is 13.0. The van der Waals surface area contributed by atoms with E-state index in [4.69, 9.17) is 9.84 Å². The minimum absolute atomic E-state index is 0.364. The SMILES string of the molecule is CCCCCN1c2ccccc2CC1OC(=O)O. The molecule has 1 aliphatic rings. The summed E-state index contributed by atoms with van der Waals surface area (Å²) in [6.07, 6.45) is 2.45. The number of nitrogens with zero attached hydrogens (tertiary/aromatic N) is 1. The van der Waals surface area contributed by atoms with Crippen molar-refractivity contribution in [2.45, 2.75) is 38.8 Å². The lowest BCUT2D eigenvalue weighted by atomic mass is 10.2. The molecule has 2 rings (SSSR count). The molecule has 98 valence electrons. The molecule has 0 spiro atoms. The fourth-order valence-corrected chi connectivity index (χ4v) is 2.44. The Hall–Kier alpha value is -1.71. The van der Waals surface area contributed by atoms with Crippen molar-refractivity contribution in [3.05, 3.63) is 29.8 Å². The van der Waals surface area contributed by atoms with E-state index in [-0.39, 0.29) is 6.23 Å². The van der Waals surface area contributed by atoms with Crippen molar-refractivity contribution in [3.63, 3.8) is 0 Å². The molecule has 0 fully saturated rings. The first-order chi connectivity index (χ1) is 8.72. The average molecular weight is 249 g/mol. The molecule has 1 heterocycles. The van der Waals surface area contributed by atoms with Crippen molar-refractivity contribution in [2.24, 2.45) is 0 Å². The topological polar surface area (TPSA) is 49.8 Å². The lowest BCUT2D eigenvalue weighted by Gasteiger charge is -2.26. The van der Waals surface area contributed by atoms with Gasteiger partial charge in [0.1, 0.15) is 0 Å². The Morgan fingerprint density at radius 3 is 2.94 bits per heavy atom. The summed E-state index contributed by atoms with van der Waals surface area (Å²) in [4.78, 5) is 12.8. The van der Waals surface area contributed by atoms with E-state index < -0.39 is 6.16 Å². The van der Waals surface area contributed by atoms with Crippen LogP contribution in [0.1, 0.15) is 31.7 Å². The van der Waals surface area contributed by atoms with Crippen LogP contribution in [0.2, 0.25) is 0 Å². The Bertz CT molecular complexity index is 419. The van der Waals surface area contributed by atoms with Crippen LogP contribution in [0, 0.1) is 0 Å². The summed E-state index contributed by atoms with van der Waals surface area (Å²) in [5.41, 5.74) is 2.28. The van der Waals surface area contributed by atoms with Gasteiger partial charge in [0.2, 0.25) is 0 Å². The zero-order valence-electron chi connectivity index (χ0n) is 10.6. The molecule has 4 heteroatoms. The van der Waals surface area contributed by atoms with Crippen molar-refractivity contribution in [2.75, 3.05) is 11.4 Å². The Kier molecular flexibility index (Phi) is 4.07. The van der Waals surface area contributed by atoms with Gasteiger partial charge in [0.25, 0.3) is 0 Å². The molecule has 0 aromatic heterocycles. The highest BCUT2D eigenvalue weighted by Gasteiger charge is 2.31. The number of unbranched alkanes of at least 4 members (excludes halogenated alkanes) is 2. The molecule has 18 heavy (non-hydrogen) atoms. The molecular weight excluding hydrogens is 230 g/mol. The van der Waals surface area contributed by atoms with E-state index in [1.807, 2.05) is 24.3 Å². The van der Waals surface area contributed by atoms with Gasteiger partial charge in [0, 0.05) is 18.7 Å². The maximum Gasteiger partial charge on any atom is 0.507 e. The number of carbonyl (C=O) groups is 1. The number of hydrogen-bond acceptors (Lipinski definition) is 3. The maximum atomic E-state index is 10.7. The highest BCUT2D eigenvalue weighted by Crippen LogP contribution is 2.32. The summed E-state index contributed by atoms with van der Waals surface area (Å²) in [6.45, 7) is 3.01. The van der Waals surface area contributed by atoms with Gasteiger partial charge in [-0.05, 0) is 18.1 Å². The Morgan fingerprint density at radius 2 is 2.22 bits per heavy atom. The number of anilines is 1. The minimum atomic E-state index is -1.20. The number of fused-ring (bicyclic) bond motifs is 1. The van der Waals surface area contributed by atoms with Crippen molar-refractivity contribution < 1.29 is 14.6 Å². The highest BCUT2D eigenvalue weighted by atomic mass is 16.7. The van der Waals surface area contributed by atoms with Gasteiger partial charge in [0.15, 0.2) is 6.23 Å². The van der Waals surface area contributed by atoms with Crippen LogP contribution in [-0.4, -0.2) is 24.0 Å². The number of para-hydroxylation sites is 1. The summed E-state index contributed by atoms with van der Waals surface area (Å²) in [5.74, 6) is 0. The van der Waals surface area contributed by atoms with Crippen molar-refractivity contribution in [3.8, 4) is 0 Å². The van der Waals surface area contributed by atoms with Crippen LogP contribution in [0.5, 0.6) is 0 Å². The van der Waals surface area contributed by atoms with Gasteiger partial charge >= 0.3 is 6.16 Å². The lowest BCUT2D eigenvalue weighted by Crippen LogP contribution is -2.36. The summed E-state index contributed by atoms with van der Waals surface area (Å²) in [6, 6.07) is 8.03. The van der Waals surface area contributed by atoms with Crippen molar-refractivity contribution in [1.29, 1.82) is 0 Å². The fourth-order valence-electron chi connectivity index (χ4n) is 2.44. The number of benzene rings is 1. The first-order valence-electron chi connectivity index (χ1n) is 6.46. The molecule has 0 amide bonds. The molecule has 0 saturated heterocycles. The molecule has 0 bridgehead atoms. The molecule has 0 aliphatic carbocycles. The molecule has 1 unspecified atom stereocenters. The first-order valence-corrected chi connectivity index (χ1v) is 6.46. The summed E-state index contributed by atoms with van der Waals surface area (Å²) in [7, 11) is 0. The maximum absolute atomic E-state index is 10.7. The standard InChI is InChI=1S/C14H19NO3/c1-2-3-6-9-15-12-8-5-4-7-11(12)10-13(15)18-14(16)17/h4-5,7-8,13H,2-3,6,9-10H2,1H3,(H,16,17). The second-order valence-corrected chi connectivity index (χ2v) is 4.57. The lowest BCUT2D eigenvalue weighted by molar-refractivity contribution is 0.0536. The summed E-state index contributed by atoms with van der Waals surface area (Å²) >= 11 is 0. The number of carboxylic acid groups (broad SMARTS) is 1. The van der Waals surface area contributed by atoms with Crippen LogP contribution < -0.4 is 4.90 Å². The van der Waals surface area contributed by atoms with Crippen molar-refractivity contribution >= 4 is 11.8 Å². The van der Waals surface area contributed by atoms with Crippen LogP contribution in [-0.2, 0) is 11.2 Å². The second-order valence-electron chi connectivity index (χ2n) is 4.57. The van der Waals surface area contributed by atoms with Crippen LogP contribution in [0.25, 0.3) is 0 Å². The predicted molar refractivity (Wildman–Crippen MR) is 69.9 cm³/mol. The zero-order valence-corrected chi connectivity index (χ0v) is 10.6. The van der Waals surface area contributed by atoms with Crippen LogP contribution in [0.4, 0.5) is 10.5 Å². The van der Waals surface area contributed by atoms with Gasteiger partial charge < -0.3 is 14.7 Å². The number of ether oxygens (including phenoxy) is 1. The largest absolute Gasteiger partial charge is 0.507 e. The molecule has 4 nitrogen and oxygen atoms in total. The highest BCUT2D eigenvalue weighted by molar-refractivity contribution is 5.62. The van der Waals surface area contributed by atoms with E-state index in [0.29, 0.717) is 6.42 Å². The first kappa shape index (κ1) is 12.7. The molecular formula is C14H19NO3. The Morgan fingerprint density at radius 1 is 1.44 bits per heavy atom. The predicted octanol–water partition coefficient (Wildman–Crippen LogP) is 3.26. The van der Waals surface area contributed by atoms with E-state index in [1.54, 1.807) is 0 Å². The minimum Gasteiger partial charge on any atom is -0.450 e. The summed E-state index contributed by atoms with van der Waals surface area (Å²) in [5, 5.41) is 8.79. The molecule has 0 radical (unpaired) electrons. The molecule has 1 aromatic carbocycles. The van der Waals surface area contributed by atoms with Gasteiger partial charge in [-0.3, -0.25) is 0 Å². The third kappa shape index (κ3) is 2.75. The molecule has 1 N–H and O–H groups in total. The number of rotatable bonds is 5.